The Hall–Kier alpha value is -2.16. The molecule has 0 spiro atoms. The normalized spacial score (nSPS) is 19.7. The minimum Gasteiger partial charge on any atom is -0.364 e. The van der Waals surface area contributed by atoms with Crippen LogP contribution < -0.4 is 4.90 Å². The van der Waals surface area contributed by atoms with Gasteiger partial charge in [0.2, 0.25) is 0 Å². The first kappa shape index (κ1) is 17.3. The minimum atomic E-state index is -4.45. The lowest BCUT2D eigenvalue weighted by Crippen LogP contribution is -2.46. The molecule has 0 N–H and O–H groups in total. The second-order valence-electron chi connectivity index (χ2n) is 6.94. The summed E-state index contributed by atoms with van der Waals surface area (Å²) in [4.78, 5) is 11.9. The Labute approximate surface area is 149 Å². The summed E-state index contributed by atoms with van der Waals surface area (Å²) in [6.45, 7) is 2.55. The maximum atomic E-state index is 13.0. The van der Waals surface area contributed by atoms with Crippen molar-refractivity contribution in [2.45, 2.75) is 50.5 Å². The summed E-state index contributed by atoms with van der Waals surface area (Å²) >= 11 is 0. The summed E-state index contributed by atoms with van der Waals surface area (Å²) in [5, 5.41) is 3.71. The van der Waals surface area contributed by atoms with Gasteiger partial charge in [-0.15, -0.1) is 0 Å². The van der Waals surface area contributed by atoms with Gasteiger partial charge in [-0.3, -0.25) is 4.90 Å². The zero-order chi connectivity index (χ0) is 18.1. The number of hydrogen-bond donors (Lipinski definition) is 0. The van der Waals surface area contributed by atoms with Gasteiger partial charge in [0, 0.05) is 43.3 Å². The largest absolute Gasteiger partial charge is 0.433 e. The highest BCUT2D eigenvalue weighted by atomic mass is 19.4. The lowest BCUT2D eigenvalue weighted by molar-refractivity contribution is -0.141. The zero-order valence-electron chi connectivity index (χ0n) is 14.2. The van der Waals surface area contributed by atoms with Gasteiger partial charge in [-0.1, -0.05) is 5.16 Å². The predicted molar refractivity (Wildman–Crippen MR) is 87.3 cm³/mol. The summed E-state index contributed by atoms with van der Waals surface area (Å²) in [5.41, 5.74) is 0.158. The Morgan fingerprint density at radius 1 is 1.12 bits per heavy atom. The minimum absolute atomic E-state index is 0.206. The number of halogens is 3. The maximum Gasteiger partial charge on any atom is 0.433 e. The molecule has 3 heterocycles. The molecule has 2 aromatic rings. The zero-order valence-corrected chi connectivity index (χ0v) is 14.2. The molecule has 26 heavy (non-hydrogen) atoms. The highest BCUT2D eigenvalue weighted by Crippen LogP contribution is 2.37. The molecule has 0 aromatic carbocycles. The molecule has 2 fully saturated rings. The fourth-order valence-electron chi connectivity index (χ4n) is 3.59. The number of hydrogen-bond acceptors (Lipinski definition) is 6. The van der Waals surface area contributed by atoms with Crippen LogP contribution in [0.5, 0.6) is 0 Å². The Kier molecular flexibility index (Phi) is 4.56. The Balaban J connectivity index is 1.45. The van der Waals surface area contributed by atoms with Crippen LogP contribution in [0.2, 0.25) is 0 Å². The number of nitrogens with zero attached hydrogens (tertiary/aromatic N) is 5. The summed E-state index contributed by atoms with van der Waals surface area (Å²) in [7, 11) is 0. The molecule has 2 aliphatic rings. The van der Waals surface area contributed by atoms with Crippen molar-refractivity contribution >= 4 is 5.82 Å². The smallest absolute Gasteiger partial charge is 0.364 e. The molecule has 0 unspecified atom stereocenters. The van der Waals surface area contributed by atoms with Crippen molar-refractivity contribution < 1.29 is 17.7 Å². The molecule has 2 aromatic heterocycles. The van der Waals surface area contributed by atoms with Gasteiger partial charge in [0.25, 0.3) is 0 Å². The van der Waals surface area contributed by atoms with E-state index in [1.54, 1.807) is 12.5 Å². The molecule has 0 atom stereocenters. The molecule has 6 nitrogen and oxygen atoms in total. The van der Waals surface area contributed by atoms with Crippen molar-refractivity contribution in [1.82, 2.24) is 20.0 Å². The van der Waals surface area contributed by atoms with Crippen molar-refractivity contribution in [3.05, 3.63) is 36.1 Å². The average molecular weight is 367 g/mol. The molecule has 0 radical (unpaired) electrons. The molecular formula is C17H20F3N5O. The Bertz CT molecular complexity index is 724. The van der Waals surface area contributed by atoms with Crippen LogP contribution in [-0.2, 0) is 12.7 Å². The van der Waals surface area contributed by atoms with E-state index in [1.165, 1.54) is 0 Å². The van der Waals surface area contributed by atoms with E-state index in [0.717, 1.165) is 63.3 Å². The predicted octanol–water partition coefficient (Wildman–Crippen LogP) is 3.12. The van der Waals surface area contributed by atoms with E-state index in [2.05, 4.69) is 24.9 Å². The van der Waals surface area contributed by atoms with E-state index < -0.39 is 11.9 Å². The molecule has 1 aliphatic carbocycles. The van der Waals surface area contributed by atoms with Crippen LogP contribution in [0, 0.1) is 0 Å². The first-order valence-electron chi connectivity index (χ1n) is 8.79. The molecule has 1 saturated heterocycles. The van der Waals surface area contributed by atoms with Crippen molar-refractivity contribution in [2.24, 2.45) is 0 Å². The van der Waals surface area contributed by atoms with Crippen molar-refractivity contribution in [1.29, 1.82) is 0 Å². The van der Waals surface area contributed by atoms with E-state index >= 15 is 0 Å². The van der Waals surface area contributed by atoms with Crippen LogP contribution in [0.3, 0.4) is 0 Å². The fourth-order valence-corrected chi connectivity index (χ4v) is 3.59. The molecule has 1 aliphatic heterocycles. The monoisotopic (exact) mass is 367 g/mol. The molecular weight excluding hydrogens is 347 g/mol. The highest BCUT2D eigenvalue weighted by Gasteiger charge is 2.38. The summed E-state index contributed by atoms with van der Waals surface area (Å²) in [6, 6.07) is 1.58. The number of anilines is 1. The summed E-state index contributed by atoms with van der Waals surface area (Å²) in [6.07, 6.45) is 3.73. The van der Waals surface area contributed by atoms with Crippen LogP contribution in [0.1, 0.15) is 36.9 Å². The Morgan fingerprint density at radius 2 is 1.85 bits per heavy atom. The highest BCUT2D eigenvalue weighted by molar-refractivity contribution is 5.44. The summed E-state index contributed by atoms with van der Waals surface area (Å²) in [5.74, 6) is 0.396. The quantitative estimate of drug-likeness (QED) is 0.809. The van der Waals surface area contributed by atoms with Crippen LogP contribution >= 0.6 is 0 Å². The van der Waals surface area contributed by atoms with E-state index in [9.17, 15) is 13.2 Å². The Morgan fingerprint density at radius 3 is 2.46 bits per heavy atom. The van der Waals surface area contributed by atoms with Gasteiger partial charge in [-0.2, -0.15) is 13.2 Å². The number of piperidine rings is 1. The van der Waals surface area contributed by atoms with Gasteiger partial charge in [-0.05, 0) is 25.7 Å². The lowest BCUT2D eigenvalue weighted by atomic mass is 10.0. The maximum absolute atomic E-state index is 13.0. The van der Waals surface area contributed by atoms with Gasteiger partial charge >= 0.3 is 6.18 Å². The lowest BCUT2D eigenvalue weighted by Gasteiger charge is -2.39. The number of alkyl halides is 3. The number of aromatic nitrogens is 3. The van der Waals surface area contributed by atoms with E-state index in [4.69, 9.17) is 4.52 Å². The van der Waals surface area contributed by atoms with Crippen LogP contribution in [0.15, 0.2) is 29.4 Å². The SMILES string of the molecule is FC(F)(F)c1cc(N(C2CC2)C2CCN(Cc3cnoc3)CC2)ncn1. The first-order chi connectivity index (χ1) is 12.5. The van der Waals surface area contributed by atoms with E-state index in [-0.39, 0.29) is 6.04 Å². The molecule has 0 amide bonds. The van der Waals surface area contributed by atoms with Crippen LogP contribution in [0.4, 0.5) is 19.0 Å². The topological polar surface area (TPSA) is 58.3 Å². The standard InChI is InChI=1S/C17H20F3N5O/c18-17(19,20)15-7-16(22-11-21-15)25(13-1-2-13)14-3-5-24(6-4-14)9-12-8-23-26-10-12/h7-8,10-11,13-14H,1-6,9H2. The van der Waals surface area contributed by atoms with Gasteiger partial charge in [-0.25, -0.2) is 9.97 Å². The third-order valence-electron chi connectivity index (χ3n) is 4.99. The number of rotatable bonds is 5. The first-order valence-corrected chi connectivity index (χ1v) is 8.79. The van der Waals surface area contributed by atoms with E-state index in [0.29, 0.717) is 11.9 Å². The van der Waals surface area contributed by atoms with Crippen LogP contribution in [-0.4, -0.2) is 45.2 Å². The van der Waals surface area contributed by atoms with E-state index in [1.807, 2.05) is 0 Å². The molecule has 1 saturated carbocycles. The molecule has 140 valence electrons. The van der Waals surface area contributed by atoms with Crippen molar-refractivity contribution in [3.63, 3.8) is 0 Å². The average Bonchev–Trinajstić information content (AvgIpc) is 3.32. The van der Waals surface area contributed by atoms with Crippen molar-refractivity contribution in [2.75, 3.05) is 18.0 Å². The van der Waals surface area contributed by atoms with Gasteiger partial charge < -0.3 is 9.42 Å². The van der Waals surface area contributed by atoms with Gasteiger partial charge in [0.15, 0.2) is 0 Å². The third kappa shape index (κ3) is 3.82. The molecule has 0 bridgehead atoms. The second kappa shape index (κ2) is 6.86. The van der Waals surface area contributed by atoms with Gasteiger partial charge in [0.1, 0.15) is 24.1 Å². The number of likely N-dealkylation sites (tertiary alicyclic amines) is 1. The van der Waals surface area contributed by atoms with Gasteiger partial charge in [0.05, 0.1) is 6.20 Å². The fraction of sp³-hybridized carbons (Fsp3) is 0.588. The molecule has 9 heteroatoms. The van der Waals surface area contributed by atoms with Crippen molar-refractivity contribution in [3.8, 4) is 0 Å². The molecule has 4 rings (SSSR count). The third-order valence-corrected chi connectivity index (χ3v) is 4.99. The van der Waals surface area contributed by atoms with Crippen LogP contribution in [0.25, 0.3) is 0 Å². The second-order valence-corrected chi connectivity index (χ2v) is 6.94. The summed E-state index contributed by atoms with van der Waals surface area (Å²) < 4.78 is 43.8.